The van der Waals surface area contributed by atoms with Gasteiger partial charge in [-0.1, -0.05) is 6.92 Å². The maximum atomic E-state index is 12.8. The largest absolute Gasteiger partial charge is 0.496 e. The van der Waals surface area contributed by atoms with Crippen molar-refractivity contribution in [3.8, 4) is 5.75 Å². The third-order valence-corrected chi connectivity index (χ3v) is 6.49. The number of nitrogens with one attached hydrogen (secondary N) is 1. The Morgan fingerprint density at radius 1 is 1.23 bits per heavy atom. The van der Waals surface area contributed by atoms with Crippen LogP contribution in [0.2, 0.25) is 0 Å². The monoisotopic (exact) mass is 377 g/mol. The third-order valence-electron chi connectivity index (χ3n) is 4.94. The highest BCUT2D eigenvalue weighted by Gasteiger charge is 2.24. The van der Waals surface area contributed by atoms with E-state index in [1.54, 1.807) is 25.4 Å². The van der Waals surface area contributed by atoms with Crippen molar-refractivity contribution >= 4 is 10.0 Å². The standard InChI is InChI=1S/C19H27N3O3S/c1-3-19-20-12-14-22(19)13-6-11-21-26(23,24)18-10-9-17(25-2)15-7-4-5-8-16(15)18/h9-10,12,14,21H,3-8,11,13H2,1-2H3. The summed E-state index contributed by atoms with van der Waals surface area (Å²) in [6, 6.07) is 3.45. The summed E-state index contributed by atoms with van der Waals surface area (Å²) >= 11 is 0. The van der Waals surface area contributed by atoms with Crippen LogP contribution in [-0.4, -0.2) is 31.6 Å². The highest BCUT2D eigenvalue weighted by molar-refractivity contribution is 7.89. The van der Waals surface area contributed by atoms with Crippen molar-refractivity contribution in [2.24, 2.45) is 0 Å². The number of methoxy groups -OCH3 is 1. The number of aromatic nitrogens is 2. The van der Waals surface area contributed by atoms with E-state index >= 15 is 0 Å². The first-order valence-corrected chi connectivity index (χ1v) is 10.7. The van der Waals surface area contributed by atoms with Gasteiger partial charge in [0.2, 0.25) is 10.0 Å². The summed E-state index contributed by atoms with van der Waals surface area (Å²) in [5.74, 6) is 1.82. The van der Waals surface area contributed by atoms with Crippen LogP contribution < -0.4 is 9.46 Å². The molecule has 0 saturated heterocycles. The van der Waals surface area contributed by atoms with Crippen LogP contribution in [0.25, 0.3) is 0 Å². The lowest BCUT2D eigenvalue weighted by Crippen LogP contribution is -2.27. The Morgan fingerprint density at radius 2 is 2.00 bits per heavy atom. The van der Waals surface area contributed by atoms with Gasteiger partial charge in [-0.3, -0.25) is 0 Å². The first-order valence-electron chi connectivity index (χ1n) is 9.25. The molecule has 1 aromatic carbocycles. The van der Waals surface area contributed by atoms with Crippen LogP contribution in [0.4, 0.5) is 0 Å². The van der Waals surface area contributed by atoms with E-state index in [9.17, 15) is 8.42 Å². The summed E-state index contributed by atoms with van der Waals surface area (Å²) in [7, 11) is -1.88. The number of imidazole rings is 1. The lowest BCUT2D eigenvalue weighted by Gasteiger charge is -2.22. The Morgan fingerprint density at radius 3 is 2.73 bits per heavy atom. The summed E-state index contributed by atoms with van der Waals surface area (Å²) in [5.41, 5.74) is 1.97. The van der Waals surface area contributed by atoms with Gasteiger partial charge >= 0.3 is 0 Å². The second-order valence-electron chi connectivity index (χ2n) is 6.57. The lowest BCUT2D eigenvalue weighted by molar-refractivity contribution is 0.405. The molecule has 2 aromatic rings. The number of ether oxygens (including phenoxy) is 1. The predicted molar refractivity (Wildman–Crippen MR) is 101 cm³/mol. The minimum atomic E-state index is -3.51. The first-order chi connectivity index (χ1) is 12.6. The molecule has 1 aromatic heterocycles. The fourth-order valence-corrected chi connectivity index (χ4v) is 5.00. The van der Waals surface area contributed by atoms with E-state index in [4.69, 9.17) is 4.74 Å². The normalized spacial score (nSPS) is 14.2. The van der Waals surface area contributed by atoms with Gasteiger partial charge in [0.05, 0.1) is 12.0 Å². The minimum absolute atomic E-state index is 0.407. The van der Waals surface area contributed by atoms with Crippen molar-refractivity contribution in [1.29, 1.82) is 0 Å². The molecule has 0 radical (unpaired) electrons. The van der Waals surface area contributed by atoms with E-state index in [2.05, 4.69) is 21.2 Å². The smallest absolute Gasteiger partial charge is 0.240 e. The number of sulfonamides is 1. The Bertz CT molecular complexity index is 859. The van der Waals surface area contributed by atoms with Crippen molar-refractivity contribution in [3.05, 3.63) is 41.5 Å². The molecular formula is C19H27N3O3S. The Labute approximate surface area is 155 Å². The zero-order chi connectivity index (χ0) is 18.6. The average molecular weight is 378 g/mol. The van der Waals surface area contributed by atoms with Crippen LogP contribution in [-0.2, 0) is 35.8 Å². The number of rotatable bonds is 8. The third kappa shape index (κ3) is 3.94. The van der Waals surface area contributed by atoms with E-state index < -0.39 is 10.0 Å². The summed E-state index contributed by atoms with van der Waals surface area (Å²) < 4.78 is 35.9. The van der Waals surface area contributed by atoms with Gasteiger partial charge in [-0.25, -0.2) is 18.1 Å². The molecule has 1 heterocycles. The van der Waals surface area contributed by atoms with Gasteiger partial charge in [0.25, 0.3) is 0 Å². The van der Waals surface area contributed by atoms with Crippen LogP contribution >= 0.6 is 0 Å². The molecule has 1 aliphatic rings. The molecule has 1 N–H and O–H groups in total. The zero-order valence-corrected chi connectivity index (χ0v) is 16.3. The lowest BCUT2D eigenvalue weighted by atomic mass is 9.91. The molecule has 142 valence electrons. The van der Waals surface area contributed by atoms with Gasteiger partial charge in [0, 0.05) is 31.9 Å². The number of benzene rings is 1. The quantitative estimate of drug-likeness (QED) is 0.718. The molecule has 1 aliphatic carbocycles. The summed E-state index contributed by atoms with van der Waals surface area (Å²) in [4.78, 5) is 4.69. The Kier molecular flexibility index (Phi) is 5.98. The topological polar surface area (TPSA) is 73.2 Å². The van der Waals surface area contributed by atoms with Crippen LogP contribution in [0.1, 0.15) is 43.1 Å². The van der Waals surface area contributed by atoms with Crippen LogP contribution in [0, 0.1) is 0 Å². The average Bonchev–Trinajstić information content (AvgIpc) is 3.11. The van der Waals surface area contributed by atoms with Crippen LogP contribution in [0.5, 0.6) is 5.75 Å². The fourth-order valence-electron chi connectivity index (χ4n) is 3.64. The summed E-state index contributed by atoms with van der Waals surface area (Å²) in [5, 5.41) is 0. The summed E-state index contributed by atoms with van der Waals surface area (Å²) in [6.07, 6.45) is 9.07. The molecular weight excluding hydrogens is 350 g/mol. The van der Waals surface area contributed by atoms with Gasteiger partial charge in [-0.2, -0.15) is 0 Å². The van der Waals surface area contributed by atoms with E-state index in [-0.39, 0.29) is 0 Å². The number of aryl methyl sites for hydroxylation is 2. The molecule has 6 nitrogen and oxygen atoms in total. The molecule has 0 atom stereocenters. The number of nitrogens with zero attached hydrogens (tertiary/aromatic N) is 2. The summed E-state index contributed by atoms with van der Waals surface area (Å²) in [6.45, 7) is 3.23. The Hall–Kier alpha value is -1.86. The number of hydrogen-bond donors (Lipinski definition) is 1. The fraction of sp³-hybridized carbons (Fsp3) is 0.526. The van der Waals surface area contributed by atoms with Gasteiger partial charge in [0.15, 0.2) is 0 Å². The first kappa shape index (κ1) is 18.9. The van der Waals surface area contributed by atoms with Crippen molar-refractivity contribution in [3.63, 3.8) is 0 Å². The molecule has 0 aliphatic heterocycles. The second kappa shape index (κ2) is 8.22. The highest BCUT2D eigenvalue weighted by Crippen LogP contribution is 2.34. The maximum absolute atomic E-state index is 12.8. The molecule has 26 heavy (non-hydrogen) atoms. The second-order valence-corrected chi connectivity index (χ2v) is 8.31. The highest BCUT2D eigenvalue weighted by atomic mass is 32.2. The van der Waals surface area contributed by atoms with Crippen LogP contribution in [0.15, 0.2) is 29.4 Å². The zero-order valence-electron chi connectivity index (χ0n) is 15.5. The Balaban J connectivity index is 1.69. The van der Waals surface area contributed by atoms with E-state index in [0.29, 0.717) is 11.4 Å². The molecule has 7 heteroatoms. The van der Waals surface area contributed by atoms with Gasteiger partial charge in [-0.15, -0.1) is 0 Å². The molecule has 0 spiro atoms. The van der Waals surface area contributed by atoms with Crippen molar-refractivity contribution in [1.82, 2.24) is 14.3 Å². The van der Waals surface area contributed by atoms with E-state index in [0.717, 1.165) is 67.8 Å². The number of hydrogen-bond acceptors (Lipinski definition) is 4. The maximum Gasteiger partial charge on any atom is 0.240 e. The SMILES string of the molecule is CCc1nccn1CCCNS(=O)(=O)c1ccc(OC)c2c1CCCC2. The predicted octanol–water partition coefficient (Wildman–Crippen LogP) is 2.70. The van der Waals surface area contributed by atoms with Gasteiger partial charge in [0.1, 0.15) is 11.6 Å². The van der Waals surface area contributed by atoms with Crippen molar-refractivity contribution < 1.29 is 13.2 Å². The van der Waals surface area contributed by atoms with Crippen LogP contribution in [0.3, 0.4) is 0 Å². The van der Waals surface area contributed by atoms with Gasteiger partial charge in [-0.05, 0) is 55.4 Å². The molecule has 0 unspecified atom stereocenters. The molecule has 0 bridgehead atoms. The van der Waals surface area contributed by atoms with Crippen molar-refractivity contribution in [2.75, 3.05) is 13.7 Å². The minimum Gasteiger partial charge on any atom is -0.496 e. The van der Waals surface area contributed by atoms with Gasteiger partial charge < -0.3 is 9.30 Å². The van der Waals surface area contributed by atoms with E-state index in [1.807, 2.05) is 6.20 Å². The molecule has 0 fully saturated rings. The molecule has 0 saturated carbocycles. The van der Waals surface area contributed by atoms with Crippen molar-refractivity contribution in [2.45, 2.75) is 56.9 Å². The molecule has 0 amide bonds. The van der Waals surface area contributed by atoms with E-state index in [1.165, 1.54) is 0 Å². The molecule has 3 rings (SSSR count). The number of fused-ring (bicyclic) bond motifs is 1.